The quantitative estimate of drug-likeness (QED) is 0.851. The van der Waals surface area contributed by atoms with Crippen LogP contribution in [0.25, 0.3) is 5.69 Å². The fourth-order valence-corrected chi connectivity index (χ4v) is 1.58. The summed E-state index contributed by atoms with van der Waals surface area (Å²) >= 11 is 5.89. The van der Waals surface area contributed by atoms with E-state index in [2.05, 4.69) is 5.10 Å². The van der Waals surface area contributed by atoms with Gasteiger partial charge in [-0.15, -0.1) is 0 Å². The molecule has 0 fully saturated rings. The lowest BCUT2D eigenvalue weighted by molar-refractivity contribution is 0.268. The molecule has 0 saturated carbocycles. The molecule has 0 aliphatic heterocycles. The molecule has 1 atom stereocenters. The van der Waals surface area contributed by atoms with Gasteiger partial charge in [0, 0.05) is 16.8 Å². The van der Waals surface area contributed by atoms with E-state index in [0.29, 0.717) is 5.02 Å². The summed E-state index contributed by atoms with van der Waals surface area (Å²) in [4.78, 5) is 0. The van der Waals surface area contributed by atoms with E-state index >= 15 is 0 Å². The summed E-state index contributed by atoms with van der Waals surface area (Å²) in [6.07, 6.45) is 3.42. The van der Waals surface area contributed by atoms with Crippen LogP contribution in [0.3, 0.4) is 0 Å². The Balaban J connectivity index is 2.31. The van der Waals surface area contributed by atoms with Gasteiger partial charge in [0.15, 0.2) is 0 Å². The average Bonchev–Trinajstić information content (AvgIpc) is 2.77. The smallest absolute Gasteiger partial charge is 0.0660 e. The monoisotopic (exact) mass is 237 g/mol. The predicted octanol–water partition coefficient (Wildman–Crippen LogP) is 1.52. The van der Waals surface area contributed by atoms with E-state index in [-0.39, 0.29) is 6.61 Å². The molecule has 0 aliphatic carbocycles. The van der Waals surface area contributed by atoms with Gasteiger partial charge in [0.25, 0.3) is 0 Å². The summed E-state index contributed by atoms with van der Waals surface area (Å²) in [5, 5.41) is 13.7. The number of hydrogen-bond donors (Lipinski definition) is 2. The maximum Gasteiger partial charge on any atom is 0.0660 e. The highest BCUT2D eigenvalue weighted by Gasteiger charge is 2.07. The fraction of sp³-hybridized carbons (Fsp3) is 0.182. The summed E-state index contributed by atoms with van der Waals surface area (Å²) in [6, 6.07) is 6.96. The molecule has 1 heterocycles. The topological polar surface area (TPSA) is 64.1 Å². The van der Waals surface area contributed by atoms with Gasteiger partial charge in [-0.2, -0.15) is 5.10 Å². The fourth-order valence-electron chi connectivity index (χ4n) is 1.39. The molecule has 0 radical (unpaired) electrons. The molecule has 16 heavy (non-hydrogen) atoms. The van der Waals surface area contributed by atoms with Gasteiger partial charge in [-0.3, -0.25) is 0 Å². The van der Waals surface area contributed by atoms with E-state index in [1.54, 1.807) is 23.1 Å². The number of hydrogen-bond acceptors (Lipinski definition) is 3. The first-order valence-corrected chi connectivity index (χ1v) is 5.25. The molecule has 2 rings (SSSR count). The van der Waals surface area contributed by atoms with Crippen molar-refractivity contribution in [2.24, 2.45) is 5.73 Å². The normalized spacial score (nSPS) is 12.7. The Hall–Kier alpha value is -1.36. The number of aliphatic hydroxyl groups excluding tert-OH is 1. The van der Waals surface area contributed by atoms with Gasteiger partial charge in [0.2, 0.25) is 0 Å². The van der Waals surface area contributed by atoms with Crippen molar-refractivity contribution in [3.05, 3.63) is 47.2 Å². The zero-order chi connectivity index (χ0) is 11.5. The zero-order valence-electron chi connectivity index (χ0n) is 8.55. The molecular formula is C11H12ClN3O. The molecule has 0 aliphatic rings. The van der Waals surface area contributed by atoms with Gasteiger partial charge in [-0.05, 0) is 18.2 Å². The minimum Gasteiger partial charge on any atom is -0.394 e. The SMILES string of the molecule is NC(CO)c1cnn(-c2cccc(Cl)c2)c1. The zero-order valence-corrected chi connectivity index (χ0v) is 9.30. The first-order valence-electron chi connectivity index (χ1n) is 4.87. The summed E-state index contributed by atoms with van der Waals surface area (Å²) < 4.78 is 1.68. The Morgan fingerprint density at radius 2 is 2.31 bits per heavy atom. The largest absolute Gasteiger partial charge is 0.394 e. The minimum absolute atomic E-state index is 0.0960. The van der Waals surface area contributed by atoms with Crippen molar-refractivity contribution in [2.45, 2.75) is 6.04 Å². The van der Waals surface area contributed by atoms with Crippen LogP contribution in [0.1, 0.15) is 11.6 Å². The second-order valence-electron chi connectivity index (χ2n) is 3.49. The Morgan fingerprint density at radius 1 is 1.50 bits per heavy atom. The third kappa shape index (κ3) is 2.24. The number of aliphatic hydroxyl groups is 1. The van der Waals surface area contributed by atoms with Crippen LogP contribution in [-0.2, 0) is 0 Å². The number of nitrogens with zero attached hydrogens (tertiary/aromatic N) is 2. The van der Waals surface area contributed by atoms with E-state index in [9.17, 15) is 0 Å². The van der Waals surface area contributed by atoms with Gasteiger partial charge in [-0.25, -0.2) is 4.68 Å². The van der Waals surface area contributed by atoms with E-state index in [4.69, 9.17) is 22.4 Å². The Kier molecular flexibility index (Phi) is 3.24. The highest BCUT2D eigenvalue weighted by atomic mass is 35.5. The standard InChI is InChI=1S/C11H12ClN3O/c12-9-2-1-3-10(4-9)15-6-8(5-14-15)11(13)7-16/h1-6,11,16H,7,13H2. The van der Waals surface area contributed by atoms with Gasteiger partial charge >= 0.3 is 0 Å². The molecule has 3 N–H and O–H groups in total. The maximum absolute atomic E-state index is 8.93. The Morgan fingerprint density at radius 3 is 3.00 bits per heavy atom. The van der Waals surface area contributed by atoms with Crippen LogP contribution in [0.4, 0.5) is 0 Å². The minimum atomic E-state index is -0.395. The second-order valence-corrected chi connectivity index (χ2v) is 3.92. The van der Waals surface area contributed by atoms with Crippen molar-refractivity contribution in [3.8, 4) is 5.69 Å². The van der Waals surface area contributed by atoms with Gasteiger partial charge in [0.1, 0.15) is 0 Å². The molecule has 2 aromatic rings. The highest BCUT2D eigenvalue weighted by Crippen LogP contribution is 2.16. The lowest BCUT2D eigenvalue weighted by Crippen LogP contribution is -2.13. The van der Waals surface area contributed by atoms with Crippen LogP contribution in [0.15, 0.2) is 36.7 Å². The molecule has 4 nitrogen and oxygen atoms in total. The first-order chi connectivity index (χ1) is 7.70. The van der Waals surface area contributed by atoms with Crippen molar-refractivity contribution in [3.63, 3.8) is 0 Å². The molecule has 1 unspecified atom stereocenters. The summed E-state index contributed by atoms with van der Waals surface area (Å²) in [5.74, 6) is 0. The maximum atomic E-state index is 8.93. The molecule has 0 bridgehead atoms. The molecule has 5 heteroatoms. The van der Waals surface area contributed by atoms with Crippen LogP contribution in [-0.4, -0.2) is 21.5 Å². The first kappa shape index (κ1) is 11.1. The van der Waals surface area contributed by atoms with E-state index in [1.165, 1.54) is 0 Å². The summed E-state index contributed by atoms with van der Waals surface area (Å²) in [6.45, 7) is -0.0960. The van der Waals surface area contributed by atoms with Crippen LogP contribution in [0.5, 0.6) is 0 Å². The van der Waals surface area contributed by atoms with E-state index in [0.717, 1.165) is 11.3 Å². The van der Waals surface area contributed by atoms with Crippen molar-refractivity contribution < 1.29 is 5.11 Å². The molecule has 0 spiro atoms. The highest BCUT2D eigenvalue weighted by molar-refractivity contribution is 6.30. The molecular weight excluding hydrogens is 226 g/mol. The summed E-state index contributed by atoms with van der Waals surface area (Å²) in [7, 11) is 0. The Labute approximate surface area is 98.3 Å². The van der Waals surface area contributed by atoms with Crippen LogP contribution >= 0.6 is 11.6 Å². The van der Waals surface area contributed by atoms with Crippen molar-refractivity contribution in [1.29, 1.82) is 0 Å². The third-order valence-electron chi connectivity index (χ3n) is 2.30. The Bertz CT molecular complexity index is 484. The number of benzene rings is 1. The second kappa shape index (κ2) is 4.65. The van der Waals surface area contributed by atoms with Gasteiger partial charge in [0.05, 0.1) is 24.5 Å². The average molecular weight is 238 g/mol. The number of rotatable bonds is 3. The van der Waals surface area contributed by atoms with Crippen molar-refractivity contribution in [2.75, 3.05) is 6.61 Å². The molecule has 1 aromatic heterocycles. The third-order valence-corrected chi connectivity index (χ3v) is 2.54. The van der Waals surface area contributed by atoms with Crippen LogP contribution in [0.2, 0.25) is 5.02 Å². The predicted molar refractivity (Wildman–Crippen MR) is 62.6 cm³/mol. The van der Waals surface area contributed by atoms with Crippen LogP contribution < -0.4 is 5.73 Å². The van der Waals surface area contributed by atoms with E-state index in [1.807, 2.05) is 18.2 Å². The van der Waals surface area contributed by atoms with Gasteiger partial charge < -0.3 is 10.8 Å². The van der Waals surface area contributed by atoms with E-state index < -0.39 is 6.04 Å². The lowest BCUT2D eigenvalue weighted by atomic mass is 10.2. The molecule has 0 saturated heterocycles. The molecule has 0 amide bonds. The number of nitrogens with two attached hydrogens (primary N) is 1. The van der Waals surface area contributed by atoms with Crippen molar-refractivity contribution in [1.82, 2.24) is 9.78 Å². The lowest BCUT2D eigenvalue weighted by Gasteiger charge is -2.03. The van der Waals surface area contributed by atoms with Crippen LogP contribution in [0, 0.1) is 0 Å². The summed E-state index contributed by atoms with van der Waals surface area (Å²) in [5.41, 5.74) is 7.34. The number of halogens is 1. The van der Waals surface area contributed by atoms with Crippen molar-refractivity contribution >= 4 is 11.6 Å². The number of aromatic nitrogens is 2. The van der Waals surface area contributed by atoms with Gasteiger partial charge in [-0.1, -0.05) is 17.7 Å². The molecule has 1 aromatic carbocycles. The molecule has 84 valence electrons.